The van der Waals surface area contributed by atoms with Gasteiger partial charge < -0.3 is 4.57 Å². The third-order valence-electron chi connectivity index (χ3n) is 3.61. The van der Waals surface area contributed by atoms with Gasteiger partial charge in [-0.05, 0) is 30.3 Å². The number of hydrogen-bond donors (Lipinski definition) is 0. The standard InChI is InChI=1S/C17H12ClN3OS/c18-12-5-6-16-14(9-12)21(13-3-1-2-4-15(13)23-16)17(22)10-20-8-7-19-11-20/h1-9,11H,10H2. The van der Waals surface area contributed by atoms with E-state index in [1.165, 1.54) is 0 Å². The summed E-state index contributed by atoms with van der Waals surface area (Å²) in [5.74, 6) is -0.0285. The Bertz CT molecular complexity index is 879. The van der Waals surface area contributed by atoms with Crippen LogP contribution in [0.2, 0.25) is 5.02 Å². The molecule has 0 fully saturated rings. The number of amides is 1. The number of fused-ring (bicyclic) bond motifs is 2. The number of nitrogens with zero attached hydrogens (tertiary/aromatic N) is 3. The molecular formula is C17H12ClN3OS. The minimum atomic E-state index is -0.0285. The number of para-hydroxylation sites is 1. The van der Waals surface area contributed by atoms with Crippen molar-refractivity contribution in [1.82, 2.24) is 9.55 Å². The largest absolute Gasteiger partial charge is 0.328 e. The van der Waals surface area contributed by atoms with Crippen LogP contribution >= 0.6 is 23.4 Å². The van der Waals surface area contributed by atoms with Gasteiger partial charge in [0.1, 0.15) is 6.54 Å². The molecule has 1 aliphatic heterocycles. The lowest BCUT2D eigenvalue weighted by Gasteiger charge is -2.31. The lowest BCUT2D eigenvalue weighted by molar-refractivity contribution is -0.118. The van der Waals surface area contributed by atoms with Gasteiger partial charge in [-0.25, -0.2) is 4.98 Å². The van der Waals surface area contributed by atoms with E-state index in [0.29, 0.717) is 5.02 Å². The second-order valence-corrected chi connectivity index (χ2v) is 6.67. The van der Waals surface area contributed by atoms with Gasteiger partial charge in [0.2, 0.25) is 0 Å². The Labute approximate surface area is 142 Å². The molecule has 1 aliphatic rings. The van der Waals surface area contributed by atoms with E-state index >= 15 is 0 Å². The summed E-state index contributed by atoms with van der Waals surface area (Å²) >= 11 is 7.80. The van der Waals surface area contributed by atoms with Gasteiger partial charge in [-0.15, -0.1) is 0 Å². The Morgan fingerprint density at radius 3 is 2.78 bits per heavy atom. The number of anilines is 2. The van der Waals surface area contributed by atoms with E-state index in [1.54, 1.807) is 39.9 Å². The van der Waals surface area contributed by atoms with Crippen LogP contribution in [0.3, 0.4) is 0 Å². The molecule has 4 nitrogen and oxygen atoms in total. The highest BCUT2D eigenvalue weighted by molar-refractivity contribution is 7.99. The van der Waals surface area contributed by atoms with Crippen molar-refractivity contribution in [3.63, 3.8) is 0 Å². The highest BCUT2D eigenvalue weighted by Crippen LogP contribution is 2.48. The molecule has 6 heteroatoms. The maximum absolute atomic E-state index is 12.9. The third kappa shape index (κ3) is 2.62. The molecule has 23 heavy (non-hydrogen) atoms. The fourth-order valence-electron chi connectivity index (χ4n) is 2.60. The summed E-state index contributed by atoms with van der Waals surface area (Å²) in [5.41, 5.74) is 1.71. The molecule has 0 spiro atoms. The first-order chi connectivity index (χ1) is 11.2. The minimum Gasteiger partial charge on any atom is -0.328 e. The molecular weight excluding hydrogens is 330 g/mol. The Morgan fingerprint density at radius 2 is 1.96 bits per heavy atom. The van der Waals surface area contributed by atoms with E-state index in [-0.39, 0.29) is 12.5 Å². The Hall–Kier alpha value is -2.24. The van der Waals surface area contributed by atoms with Crippen LogP contribution in [-0.4, -0.2) is 15.5 Å². The Kier molecular flexibility index (Phi) is 3.59. The summed E-state index contributed by atoms with van der Waals surface area (Å²) < 4.78 is 1.76. The Balaban J connectivity index is 1.81. The van der Waals surface area contributed by atoms with Gasteiger partial charge in [0.05, 0.1) is 17.7 Å². The normalized spacial score (nSPS) is 12.7. The molecule has 2 aromatic carbocycles. The molecule has 0 atom stereocenters. The van der Waals surface area contributed by atoms with E-state index in [9.17, 15) is 4.79 Å². The van der Waals surface area contributed by atoms with Crippen molar-refractivity contribution < 1.29 is 4.79 Å². The Morgan fingerprint density at radius 1 is 1.13 bits per heavy atom. The lowest BCUT2D eigenvalue weighted by atomic mass is 10.2. The van der Waals surface area contributed by atoms with Crippen molar-refractivity contribution in [3.05, 3.63) is 66.2 Å². The average molecular weight is 342 g/mol. The molecule has 1 aromatic heterocycles. The average Bonchev–Trinajstić information content (AvgIpc) is 3.05. The van der Waals surface area contributed by atoms with E-state index in [0.717, 1.165) is 21.2 Å². The van der Waals surface area contributed by atoms with Crippen LogP contribution in [0, 0.1) is 0 Å². The number of aromatic nitrogens is 2. The summed E-state index contributed by atoms with van der Waals surface area (Å²) in [4.78, 5) is 20.7. The number of carbonyl (C=O) groups is 1. The van der Waals surface area contributed by atoms with Crippen LogP contribution in [0.4, 0.5) is 11.4 Å². The van der Waals surface area contributed by atoms with Crippen molar-refractivity contribution >= 4 is 40.6 Å². The van der Waals surface area contributed by atoms with Gasteiger partial charge in [0.15, 0.2) is 0 Å². The highest BCUT2D eigenvalue weighted by Gasteiger charge is 2.28. The zero-order valence-electron chi connectivity index (χ0n) is 12.0. The van der Waals surface area contributed by atoms with Gasteiger partial charge in [-0.2, -0.15) is 0 Å². The van der Waals surface area contributed by atoms with Gasteiger partial charge in [-0.1, -0.05) is 35.5 Å². The van der Waals surface area contributed by atoms with Crippen LogP contribution in [0.15, 0.2) is 71.0 Å². The van der Waals surface area contributed by atoms with Crippen LogP contribution in [0.5, 0.6) is 0 Å². The monoisotopic (exact) mass is 341 g/mol. The maximum Gasteiger partial charge on any atom is 0.251 e. The van der Waals surface area contributed by atoms with Crippen LogP contribution < -0.4 is 4.90 Å². The molecule has 0 saturated carbocycles. The molecule has 114 valence electrons. The quantitative estimate of drug-likeness (QED) is 0.694. The number of carbonyl (C=O) groups excluding carboxylic acids is 1. The summed E-state index contributed by atoms with van der Waals surface area (Å²) in [5, 5.41) is 0.615. The highest BCUT2D eigenvalue weighted by atomic mass is 35.5. The van der Waals surface area contributed by atoms with Crippen molar-refractivity contribution in [2.45, 2.75) is 16.3 Å². The molecule has 0 unspecified atom stereocenters. The number of benzene rings is 2. The van der Waals surface area contributed by atoms with Crippen molar-refractivity contribution in [2.24, 2.45) is 0 Å². The number of hydrogen-bond acceptors (Lipinski definition) is 3. The van der Waals surface area contributed by atoms with Crippen LogP contribution in [0.25, 0.3) is 0 Å². The summed E-state index contributed by atoms with van der Waals surface area (Å²) in [6.07, 6.45) is 5.08. The second kappa shape index (κ2) is 5.76. The zero-order valence-corrected chi connectivity index (χ0v) is 13.6. The van der Waals surface area contributed by atoms with E-state index in [1.807, 2.05) is 42.5 Å². The fraction of sp³-hybridized carbons (Fsp3) is 0.0588. The third-order valence-corrected chi connectivity index (χ3v) is 4.98. The van der Waals surface area contributed by atoms with E-state index < -0.39 is 0 Å². The first-order valence-electron chi connectivity index (χ1n) is 7.07. The molecule has 4 rings (SSSR count). The van der Waals surface area contributed by atoms with Crippen LogP contribution in [-0.2, 0) is 11.3 Å². The maximum atomic E-state index is 12.9. The van der Waals surface area contributed by atoms with E-state index in [2.05, 4.69) is 4.98 Å². The predicted molar refractivity (Wildman–Crippen MR) is 91.4 cm³/mol. The molecule has 0 aliphatic carbocycles. The summed E-state index contributed by atoms with van der Waals surface area (Å²) in [6.45, 7) is 0.227. The lowest BCUT2D eigenvalue weighted by Crippen LogP contribution is -2.31. The molecule has 0 saturated heterocycles. The van der Waals surface area contributed by atoms with Crippen molar-refractivity contribution in [2.75, 3.05) is 4.90 Å². The molecule has 0 N–H and O–H groups in total. The van der Waals surface area contributed by atoms with Gasteiger partial charge >= 0.3 is 0 Å². The minimum absolute atomic E-state index is 0.0285. The topological polar surface area (TPSA) is 38.1 Å². The predicted octanol–water partition coefficient (Wildman–Crippen LogP) is 4.37. The van der Waals surface area contributed by atoms with Crippen LogP contribution in [0.1, 0.15) is 0 Å². The molecule has 3 aromatic rings. The van der Waals surface area contributed by atoms with E-state index in [4.69, 9.17) is 11.6 Å². The first-order valence-corrected chi connectivity index (χ1v) is 8.27. The fourth-order valence-corrected chi connectivity index (χ4v) is 3.81. The molecule has 0 bridgehead atoms. The van der Waals surface area contributed by atoms with Crippen molar-refractivity contribution in [3.8, 4) is 0 Å². The summed E-state index contributed by atoms with van der Waals surface area (Å²) in [6, 6.07) is 13.5. The summed E-state index contributed by atoms with van der Waals surface area (Å²) in [7, 11) is 0. The molecule has 2 heterocycles. The second-order valence-electron chi connectivity index (χ2n) is 5.15. The number of rotatable bonds is 2. The van der Waals surface area contributed by atoms with Gasteiger partial charge in [0.25, 0.3) is 5.91 Å². The first kappa shape index (κ1) is 14.4. The zero-order chi connectivity index (χ0) is 15.8. The smallest absolute Gasteiger partial charge is 0.251 e. The number of imidazole rings is 1. The number of halogens is 1. The van der Waals surface area contributed by atoms with Gasteiger partial charge in [0, 0.05) is 27.2 Å². The van der Waals surface area contributed by atoms with Gasteiger partial charge in [-0.3, -0.25) is 9.69 Å². The molecule has 1 amide bonds. The molecule has 0 radical (unpaired) electrons. The SMILES string of the molecule is O=C(Cn1ccnc1)N1c2ccccc2Sc2ccc(Cl)cc21. The van der Waals surface area contributed by atoms with Crippen molar-refractivity contribution in [1.29, 1.82) is 0 Å².